The molecule has 0 fully saturated rings. The monoisotopic (exact) mass is 449 g/mol. The molecule has 0 spiro atoms. The van der Waals surface area contributed by atoms with Crippen molar-refractivity contribution in [3.8, 4) is 5.75 Å². The lowest BCUT2D eigenvalue weighted by molar-refractivity contribution is -0.119. The van der Waals surface area contributed by atoms with Crippen molar-refractivity contribution in [1.82, 2.24) is 4.90 Å². The van der Waals surface area contributed by atoms with Crippen molar-refractivity contribution in [2.45, 2.75) is 26.3 Å². The van der Waals surface area contributed by atoms with E-state index in [9.17, 15) is 24.3 Å². The minimum Gasteiger partial charge on any atom is -0.505 e. The third kappa shape index (κ3) is 4.95. The number of phenolic OH excluding ortho intramolecular Hbond substituents is 1. The van der Waals surface area contributed by atoms with Crippen molar-refractivity contribution >= 4 is 28.8 Å². The number of amides is 1. The second-order valence-corrected chi connectivity index (χ2v) is 8.43. The summed E-state index contributed by atoms with van der Waals surface area (Å²) in [7, 11) is 3.11. The summed E-state index contributed by atoms with van der Waals surface area (Å²) in [4.78, 5) is 51.1. The Hall–Kier alpha value is -3.94. The van der Waals surface area contributed by atoms with Gasteiger partial charge in [-0.05, 0) is 23.6 Å². The quantitative estimate of drug-likeness (QED) is 0.340. The number of phenols is 1. The van der Waals surface area contributed by atoms with Crippen molar-refractivity contribution in [1.29, 1.82) is 0 Å². The summed E-state index contributed by atoms with van der Waals surface area (Å²) in [6, 6.07) is 13.1. The Morgan fingerprint density at radius 3 is 2.18 bits per heavy atom. The molecule has 0 radical (unpaired) electrons. The number of hydrogen-bond acceptors (Lipinski definition) is 7. The molecule has 3 aromatic rings. The number of carbonyl (C=O) groups excluding carboxylic acids is 2. The van der Waals surface area contributed by atoms with Crippen LogP contribution >= 0.6 is 0 Å². The Bertz CT molecular complexity index is 1240. The topological polar surface area (TPSA) is 116 Å². The normalized spacial score (nSPS) is 11.9. The van der Waals surface area contributed by atoms with E-state index in [4.69, 9.17) is 0 Å². The number of para-hydroxylation sites is 1. The average Bonchev–Trinajstić information content (AvgIpc) is 2.79. The van der Waals surface area contributed by atoms with Crippen LogP contribution in [0.3, 0.4) is 0 Å². The van der Waals surface area contributed by atoms with E-state index in [-0.39, 0.29) is 46.5 Å². The van der Waals surface area contributed by atoms with E-state index in [1.54, 1.807) is 20.2 Å². The molecule has 3 N–H and O–H groups in total. The molecule has 0 aliphatic carbocycles. The van der Waals surface area contributed by atoms with Gasteiger partial charge in [-0.15, -0.1) is 0 Å². The summed E-state index contributed by atoms with van der Waals surface area (Å²) in [5, 5.41) is 16.2. The van der Waals surface area contributed by atoms with Gasteiger partial charge in [0.15, 0.2) is 11.5 Å². The molecule has 1 amide bonds. The van der Waals surface area contributed by atoms with Crippen LogP contribution in [0, 0.1) is 5.92 Å². The highest BCUT2D eigenvalue weighted by molar-refractivity contribution is 5.99. The van der Waals surface area contributed by atoms with Gasteiger partial charge in [0.05, 0.1) is 17.3 Å². The lowest BCUT2D eigenvalue weighted by Crippen LogP contribution is -2.43. The van der Waals surface area contributed by atoms with E-state index < -0.39 is 22.8 Å². The highest BCUT2D eigenvalue weighted by atomic mass is 16.3. The number of benzene rings is 2. The van der Waals surface area contributed by atoms with Crippen LogP contribution in [0.4, 0.5) is 17.1 Å². The molecule has 8 heteroatoms. The van der Waals surface area contributed by atoms with Gasteiger partial charge < -0.3 is 20.6 Å². The first-order valence-corrected chi connectivity index (χ1v) is 10.6. The molecule has 0 saturated heterocycles. The average molecular weight is 450 g/mol. The lowest BCUT2D eigenvalue weighted by atomic mass is 9.94. The lowest BCUT2D eigenvalue weighted by Gasteiger charge is -2.25. The third-order valence-corrected chi connectivity index (χ3v) is 5.38. The van der Waals surface area contributed by atoms with Crippen LogP contribution in [0.1, 0.15) is 29.8 Å². The Kier molecular flexibility index (Phi) is 6.96. The largest absolute Gasteiger partial charge is 0.505 e. The van der Waals surface area contributed by atoms with E-state index in [0.717, 1.165) is 5.56 Å². The first kappa shape index (κ1) is 23.7. The van der Waals surface area contributed by atoms with Crippen LogP contribution in [0.2, 0.25) is 0 Å². The van der Waals surface area contributed by atoms with E-state index in [1.807, 2.05) is 44.2 Å². The molecule has 0 aromatic heterocycles. The number of Topliss-reactive ketones (excluding diaryl/α,β-unsaturated/α-hetero) is 1. The van der Waals surface area contributed by atoms with Gasteiger partial charge in [0, 0.05) is 20.5 Å². The predicted octanol–water partition coefficient (Wildman–Crippen LogP) is 2.68. The molecule has 0 aliphatic heterocycles. The molecule has 8 nitrogen and oxygen atoms in total. The van der Waals surface area contributed by atoms with Crippen LogP contribution in [-0.2, 0) is 11.2 Å². The SMILES string of the molecule is CC(C)[C@H](Nc1c(Nc2cccc(C(=O)N(C)C)c2O)c(=O)c1=O)C(=O)Cc1ccccc1. The summed E-state index contributed by atoms with van der Waals surface area (Å²) in [6.07, 6.45) is 0.185. The first-order chi connectivity index (χ1) is 15.6. The molecule has 0 unspecified atom stereocenters. The van der Waals surface area contributed by atoms with Crippen LogP contribution in [0.25, 0.3) is 0 Å². The number of nitrogens with one attached hydrogen (secondary N) is 2. The fourth-order valence-corrected chi connectivity index (χ4v) is 3.52. The number of rotatable bonds is 9. The predicted molar refractivity (Wildman–Crippen MR) is 128 cm³/mol. The minimum absolute atomic E-state index is 0.0103. The molecule has 33 heavy (non-hydrogen) atoms. The van der Waals surface area contributed by atoms with Gasteiger partial charge in [0.1, 0.15) is 11.4 Å². The van der Waals surface area contributed by atoms with Crippen LogP contribution in [-0.4, -0.2) is 41.8 Å². The van der Waals surface area contributed by atoms with E-state index in [0.29, 0.717) is 0 Å². The van der Waals surface area contributed by atoms with Gasteiger partial charge >= 0.3 is 0 Å². The number of hydrogen-bond donors (Lipinski definition) is 3. The maximum atomic E-state index is 12.9. The van der Waals surface area contributed by atoms with Crippen molar-refractivity contribution < 1.29 is 14.7 Å². The van der Waals surface area contributed by atoms with E-state index in [1.165, 1.54) is 17.0 Å². The molecule has 1 atom stereocenters. The van der Waals surface area contributed by atoms with Crippen LogP contribution in [0.15, 0.2) is 58.1 Å². The molecular weight excluding hydrogens is 422 g/mol. The summed E-state index contributed by atoms with van der Waals surface area (Å²) in [6.45, 7) is 3.70. The molecular formula is C25H27N3O5. The van der Waals surface area contributed by atoms with Gasteiger partial charge in [-0.25, -0.2) is 0 Å². The first-order valence-electron chi connectivity index (χ1n) is 10.6. The zero-order valence-corrected chi connectivity index (χ0v) is 19.0. The maximum absolute atomic E-state index is 12.9. The van der Waals surface area contributed by atoms with Crippen LogP contribution in [0.5, 0.6) is 5.75 Å². The zero-order valence-electron chi connectivity index (χ0n) is 19.0. The Morgan fingerprint density at radius 1 is 0.939 bits per heavy atom. The number of carbonyl (C=O) groups is 2. The molecule has 0 aliphatic rings. The van der Waals surface area contributed by atoms with Gasteiger partial charge in [-0.3, -0.25) is 19.2 Å². The fourth-order valence-electron chi connectivity index (χ4n) is 3.52. The smallest absolute Gasteiger partial charge is 0.257 e. The molecule has 3 aromatic carbocycles. The molecule has 0 saturated carbocycles. The Morgan fingerprint density at radius 2 is 1.58 bits per heavy atom. The minimum atomic E-state index is -0.765. The fraction of sp³-hybridized carbons (Fsp3) is 0.280. The van der Waals surface area contributed by atoms with Gasteiger partial charge in [0.25, 0.3) is 16.8 Å². The summed E-state index contributed by atoms with van der Waals surface area (Å²) in [5.41, 5.74) is -0.557. The van der Waals surface area contributed by atoms with E-state index >= 15 is 0 Å². The standard InChI is InChI=1S/C25H27N3O5/c1-14(2)19(18(29)13-15-9-6-5-7-10-15)27-21-20(23(31)24(21)32)26-17-12-8-11-16(22(17)30)25(33)28(3)4/h5-12,14,19,26-27,30H,13H2,1-4H3/t19-/m0/s1. The Balaban J connectivity index is 1.86. The van der Waals surface area contributed by atoms with Crippen LogP contribution < -0.4 is 21.5 Å². The molecule has 172 valence electrons. The summed E-state index contributed by atoms with van der Waals surface area (Å²) in [5.74, 6) is -1.01. The van der Waals surface area contributed by atoms with Crippen molar-refractivity contribution in [3.05, 3.63) is 80.1 Å². The van der Waals surface area contributed by atoms with Gasteiger partial charge in [0.2, 0.25) is 0 Å². The third-order valence-electron chi connectivity index (χ3n) is 5.38. The van der Waals surface area contributed by atoms with Gasteiger partial charge in [-0.1, -0.05) is 50.2 Å². The second-order valence-electron chi connectivity index (χ2n) is 8.43. The Labute approximate surface area is 191 Å². The molecule has 0 heterocycles. The number of aromatic hydroxyl groups is 1. The van der Waals surface area contributed by atoms with Crippen molar-refractivity contribution in [2.75, 3.05) is 24.7 Å². The molecule has 3 rings (SSSR count). The van der Waals surface area contributed by atoms with Crippen molar-refractivity contribution in [2.24, 2.45) is 5.92 Å². The number of nitrogens with zero attached hydrogens (tertiary/aromatic N) is 1. The van der Waals surface area contributed by atoms with Crippen molar-refractivity contribution in [3.63, 3.8) is 0 Å². The van der Waals surface area contributed by atoms with Gasteiger partial charge in [-0.2, -0.15) is 0 Å². The summed E-state index contributed by atoms with van der Waals surface area (Å²) < 4.78 is 0. The zero-order chi connectivity index (χ0) is 24.3. The second kappa shape index (κ2) is 9.68. The number of ketones is 1. The maximum Gasteiger partial charge on any atom is 0.257 e. The highest BCUT2D eigenvalue weighted by Gasteiger charge is 2.29. The van der Waals surface area contributed by atoms with E-state index in [2.05, 4.69) is 10.6 Å². The summed E-state index contributed by atoms with van der Waals surface area (Å²) >= 11 is 0. The highest BCUT2D eigenvalue weighted by Crippen LogP contribution is 2.32. The number of anilines is 3. The molecule has 0 bridgehead atoms.